The van der Waals surface area contributed by atoms with Crippen LogP contribution in [0.2, 0.25) is 0 Å². The molecule has 2 aliphatic heterocycles. The number of amides is 1. The zero-order valence-electron chi connectivity index (χ0n) is 10.9. The molecule has 0 aliphatic carbocycles. The summed E-state index contributed by atoms with van der Waals surface area (Å²) in [6.07, 6.45) is 2.23. The van der Waals surface area contributed by atoms with Crippen LogP contribution in [0.25, 0.3) is 0 Å². The highest BCUT2D eigenvalue weighted by atomic mass is 16.5. The van der Waals surface area contributed by atoms with E-state index >= 15 is 0 Å². The number of anilines is 2. The number of rotatable bonds is 2. The molecule has 2 aliphatic rings. The quantitative estimate of drug-likeness (QED) is 0.779. The predicted molar refractivity (Wildman–Crippen MR) is 74.3 cm³/mol. The Bertz CT molecular complexity index is 484. The van der Waals surface area contributed by atoms with Crippen LogP contribution in [0, 0.1) is 5.92 Å². The summed E-state index contributed by atoms with van der Waals surface area (Å²) in [7, 11) is 0. The molecular formula is C14H19N3O2. The van der Waals surface area contributed by atoms with E-state index in [1.165, 1.54) is 0 Å². The average Bonchev–Trinajstić information content (AvgIpc) is 2.43. The molecule has 0 unspecified atom stereocenters. The minimum Gasteiger partial charge on any atom is -0.482 e. The van der Waals surface area contributed by atoms with Crippen molar-refractivity contribution >= 4 is 17.3 Å². The molecule has 102 valence electrons. The van der Waals surface area contributed by atoms with Crippen molar-refractivity contribution in [3.05, 3.63) is 18.2 Å². The average molecular weight is 261 g/mol. The van der Waals surface area contributed by atoms with Crippen LogP contribution in [-0.4, -0.2) is 32.1 Å². The van der Waals surface area contributed by atoms with Gasteiger partial charge in [0.15, 0.2) is 6.61 Å². The van der Waals surface area contributed by atoms with Gasteiger partial charge in [-0.15, -0.1) is 0 Å². The molecule has 1 aromatic rings. The molecule has 0 bridgehead atoms. The van der Waals surface area contributed by atoms with Crippen molar-refractivity contribution in [3.63, 3.8) is 0 Å². The highest BCUT2D eigenvalue weighted by molar-refractivity contribution is 5.98. The molecule has 3 rings (SSSR count). The highest BCUT2D eigenvalue weighted by Gasteiger charge is 2.28. The van der Waals surface area contributed by atoms with Gasteiger partial charge in [-0.05, 0) is 50.0 Å². The fourth-order valence-electron chi connectivity index (χ4n) is 2.74. The summed E-state index contributed by atoms with van der Waals surface area (Å²) < 4.78 is 5.45. The monoisotopic (exact) mass is 261 g/mol. The molecule has 0 aromatic heterocycles. The van der Waals surface area contributed by atoms with Crippen LogP contribution in [0.15, 0.2) is 18.2 Å². The predicted octanol–water partition coefficient (Wildman–Crippen LogP) is 0.994. The molecule has 0 saturated carbocycles. The summed E-state index contributed by atoms with van der Waals surface area (Å²) in [4.78, 5) is 13.9. The first-order valence-electron chi connectivity index (χ1n) is 6.77. The van der Waals surface area contributed by atoms with E-state index in [2.05, 4.69) is 5.32 Å². The smallest absolute Gasteiger partial charge is 0.265 e. The lowest BCUT2D eigenvalue weighted by Gasteiger charge is -2.33. The van der Waals surface area contributed by atoms with E-state index in [1.807, 2.05) is 17.0 Å². The van der Waals surface area contributed by atoms with Crippen LogP contribution >= 0.6 is 0 Å². The maximum atomic E-state index is 12.1. The van der Waals surface area contributed by atoms with Gasteiger partial charge in [-0.25, -0.2) is 0 Å². The first kappa shape index (κ1) is 12.3. The lowest BCUT2D eigenvalue weighted by molar-refractivity contribution is -0.121. The maximum absolute atomic E-state index is 12.1. The molecule has 5 heteroatoms. The third kappa shape index (κ3) is 2.51. The standard InChI is InChI=1S/C14H19N3O2/c15-11-1-2-13-12(7-11)17(14(18)9-19-13)8-10-3-5-16-6-4-10/h1-2,7,10,16H,3-6,8-9,15H2. The number of nitrogen functional groups attached to an aromatic ring is 1. The van der Waals surface area contributed by atoms with Gasteiger partial charge in [-0.3, -0.25) is 4.79 Å². The van der Waals surface area contributed by atoms with Gasteiger partial charge in [0.1, 0.15) is 5.75 Å². The van der Waals surface area contributed by atoms with E-state index in [-0.39, 0.29) is 12.5 Å². The summed E-state index contributed by atoms with van der Waals surface area (Å²) >= 11 is 0. The molecule has 1 saturated heterocycles. The Labute approximate surface area is 112 Å². The second kappa shape index (κ2) is 5.09. The van der Waals surface area contributed by atoms with Crippen LogP contribution in [-0.2, 0) is 4.79 Å². The lowest BCUT2D eigenvalue weighted by atomic mass is 9.97. The Kier molecular flexibility index (Phi) is 3.29. The number of fused-ring (bicyclic) bond motifs is 1. The van der Waals surface area contributed by atoms with Gasteiger partial charge in [-0.1, -0.05) is 0 Å². The molecule has 0 spiro atoms. The number of carbonyl (C=O) groups is 1. The number of nitrogens with zero attached hydrogens (tertiary/aromatic N) is 1. The molecule has 0 atom stereocenters. The number of hydrogen-bond donors (Lipinski definition) is 2. The van der Waals surface area contributed by atoms with Crippen LogP contribution in [0.3, 0.4) is 0 Å². The Morgan fingerprint density at radius 3 is 2.95 bits per heavy atom. The molecule has 1 fully saturated rings. The third-order valence-electron chi connectivity index (χ3n) is 3.83. The zero-order chi connectivity index (χ0) is 13.2. The molecule has 2 heterocycles. The normalized spacial score (nSPS) is 20.0. The number of carbonyl (C=O) groups excluding carboxylic acids is 1. The van der Waals surface area contributed by atoms with E-state index in [0.717, 1.165) is 43.9 Å². The Morgan fingerprint density at radius 2 is 2.16 bits per heavy atom. The summed E-state index contributed by atoms with van der Waals surface area (Å²) in [6, 6.07) is 5.47. The number of nitrogens with one attached hydrogen (secondary N) is 1. The number of benzene rings is 1. The highest BCUT2D eigenvalue weighted by Crippen LogP contribution is 2.34. The van der Waals surface area contributed by atoms with Crippen LogP contribution in [0.4, 0.5) is 11.4 Å². The summed E-state index contributed by atoms with van der Waals surface area (Å²) in [5, 5.41) is 3.34. The van der Waals surface area contributed by atoms with E-state index in [1.54, 1.807) is 6.07 Å². The molecular weight excluding hydrogens is 242 g/mol. The Morgan fingerprint density at radius 1 is 1.37 bits per heavy atom. The van der Waals surface area contributed by atoms with E-state index < -0.39 is 0 Å². The third-order valence-corrected chi connectivity index (χ3v) is 3.83. The first-order chi connectivity index (χ1) is 9.24. The summed E-state index contributed by atoms with van der Waals surface area (Å²) in [6.45, 7) is 2.96. The van der Waals surface area contributed by atoms with Crippen molar-refractivity contribution in [2.75, 3.05) is 36.9 Å². The van der Waals surface area contributed by atoms with Crippen molar-refractivity contribution in [3.8, 4) is 5.75 Å². The Balaban J connectivity index is 1.83. The summed E-state index contributed by atoms with van der Waals surface area (Å²) in [5.74, 6) is 1.33. The van der Waals surface area contributed by atoms with Gasteiger partial charge in [-0.2, -0.15) is 0 Å². The van der Waals surface area contributed by atoms with Crippen molar-refractivity contribution in [1.29, 1.82) is 0 Å². The van der Waals surface area contributed by atoms with Gasteiger partial charge in [0, 0.05) is 12.2 Å². The first-order valence-corrected chi connectivity index (χ1v) is 6.77. The van der Waals surface area contributed by atoms with Crippen molar-refractivity contribution < 1.29 is 9.53 Å². The fraction of sp³-hybridized carbons (Fsp3) is 0.500. The van der Waals surface area contributed by atoms with Crippen molar-refractivity contribution in [2.24, 2.45) is 5.92 Å². The van der Waals surface area contributed by atoms with Gasteiger partial charge in [0.05, 0.1) is 5.69 Å². The van der Waals surface area contributed by atoms with Gasteiger partial charge < -0.3 is 20.7 Å². The fourth-order valence-corrected chi connectivity index (χ4v) is 2.74. The summed E-state index contributed by atoms with van der Waals surface area (Å²) in [5.41, 5.74) is 7.29. The molecule has 1 amide bonds. The van der Waals surface area contributed by atoms with Crippen molar-refractivity contribution in [1.82, 2.24) is 5.32 Å². The minimum absolute atomic E-state index is 0.0247. The van der Waals surface area contributed by atoms with Crippen LogP contribution in [0.1, 0.15) is 12.8 Å². The zero-order valence-corrected chi connectivity index (χ0v) is 10.9. The molecule has 3 N–H and O–H groups in total. The topological polar surface area (TPSA) is 67.6 Å². The number of piperidine rings is 1. The van der Waals surface area contributed by atoms with Gasteiger partial charge in [0.25, 0.3) is 5.91 Å². The van der Waals surface area contributed by atoms with Crippen LogP contribution in [0.5, 0.6) is 5.75 Å². The lowest BCUT2D eigenvalue weighted by Crippen LogP contribution is -2.43. The van der Waals surface area contributed by atoms with E-state index in [4.69, 9.17) is 10.5 Å². The molecule has 19 heavy (non-hydrogen) atoms. The molecule has 0 radical (unpaired) electrons. The van der Waals surface area contributed by atoms with E-state index in [0.29, 0.717) is 11.6 Å². The molecule has 5 nitrogen and oxygen atoms in total. The number of hydrogen-bond acceptors (Lipinski definition) is 4. The minimum atomic E-state index is 0.0247. The SMILES string of the molecule is Nc1ccc2c(c1)N(CC1CCNCC1)C(=O)CO2. The second-order valence-corrected chi connectivity index (χ2v) is 5.21. The van der Waals surface area contributed by atoms with Crippen LogP contribution < -0.4 is 20.7 Å². The van der Waals surface area contributed by atoms with Gasteiger partial charge >= 0.3 is 0 Å². The van der Waals surface area contributed by atoms with Crippen molar-refractivity contribution in [2.45, 2.75) is 12.8 Å². The second-order valence-electron chi connectivity index (χ2n) is 5.21. The van der Waals surface area contributed by atoms with Gasteiger partial charge in [0.2, 0.25) is 0 Å². The van der Waals surface area contributed by atoms with E-state index in [9.17, 15) is 4.79 Å². The Hall–Kier alpha value is -1.75. The maximum Gasteiger partial charge on any atom is 0.265 e. The number of ether oxygens (including phenoxy) is 1. The largest absolute Gasteiger partial charge is 0.482 e. The number of nitrogens with two attached hydrogens (primary N) is 1. The molecule has 1 aromatic carbocycles.